The highest BCUT2D eigenvalue weighted by molar-refractivity contribution is 5.94. The van der Waals surface area contributed by atoms with E-state index in [4.69, 9.17) is 4.74 Å². The number of hydrogen-bond acceptors (Lipinski definition) is 5. The smallest absolute Gasteiger partial charge is 0.410 e. The second-order valence-electron chi connectivity index (χ2n) is 6.19. The second kappa shape index (κ2) is 6.20. The number of likely N-dealkylation sites (tertiary alicyclic amines) is 1. The maximum absolute atomic E-state index is 12.2. The first-order valence-electron chi connectivity index (χ1n) is 7.15. The Bertz CT molecular complexity index is 511. The van der Waals surface area contributed by atoms with Crippen LogP contribution in [0.15, 0.2) is 18.6 Å². The monoisotopic (exact) mass is 291 g/mol. The molecule has 2 heterocycles. The molecule has 114 valence electrons. The lowest BCUT2D eigenvalue weighted by atomic mass is 10.1. The fourth-order valence-corrected chi connectivity index (χ4v) is 2.37. The van der Waals surface area contributed by atoms with Gasteiger partial charge in [0.2, 0.25) is 0 Å². The summed E-state index contributed by atoms with van der Waals surface area (Å²) in [6.07, 6.45) is 6.08. The first-order valence-corrected chi connectivity index (χ1v) is 7.15. The summed E-state index contributed by atoms with van der Waals surface area (Å²) in [6, 6.07) is -0.116. The number of nitrogens with zero attached hydrogens (tertiary/aromatic N) is 3. The predicted octanol–water partition coefficient (Wildman–Crippen LogP) is 2.45. The van der Waals surface area contributed by atoms with Crippen molar-refractivity contribution in [2.45, 2.75) is 51.7 Å². The van der Waals surface area contributed by atoms with Crippen LogP contribution in [0.1, 0.15) is 50.5 Å². The van der Waals surface area contributed by atoms with Crippen molar-refractivity contribution in [3.8, 4) is 0 Å². The zero-order valence-electron chi connectivity index (χ0n) is 12.7. The Kier molecular flexibility index (Phi) is 4.55. The van der Waals surface area contributed by atoms with Crippen LogP contribution < -0.4 is 0 Å². The minimum Gasteiger partial charge on any atom is -0.444 e. The number of aromatic nitrogens is 2. The van der Waals surface area contributed by atoms with Crippen molar-refractivity contribution in [3.63, 3.8) is 0 Å². The molecule has 1 aromatic heterocycles. The largest absolute Gasteiger partial charge is 0.444 e. The van der Waals surface area contributed by atoms with Crippen LogP contribution in [0, 0.1) is 0 Å². The lowest BCUT2D eigenvalue weighted by Gasteiger charge is -2.28. The average Bonchev–Trinajstić information content (AvgIpc) is 2.86. The van der Waals surface area contributed by atoms with E-state index in [0.29, 0.717) is 12.2 Å². The van der Waals surface area contributed by atoms with Crippen molar-refractivity contribution in [1.82, 2.24) is 14.9 Å². The molecule has 1 aliphatic heterocycles. The molecule has 1 unspecified atom stereocenters. The second-order valence-corrected chi connectivity index (χ2v) is 6.19. The predicted molar refractivity (Wildman–Crippen MR) is 76.9 cm³/mol. The van der Waals surface area contributed by atoms with Gasteiger partial charge in [0.05, 0.1) is 6.20 Å². The molecule has 0 spiro atoms. The van der Waals surface area contributed by atoms with Gasteiger partial charge >= 0.3 is 6.09 Å². The van der Waals surface area contributed by atoms with E-state index in [2.05, 4.69) is 9.97 Å². The molecule has 21 heavy (non-hydrogen) atoms. The molecule has 1 aromatic rings. The summed E-state index contributed by atoms with van der Waals surface area (Å²) in [5.41, 5.74) is -0.187. The van der Waals surface area contributed by atoms with Crippen LogP contribution in [0.25, 0.3) is 0 Å². The molecule has 0 saturated carbocycles. The van der Waals surface area contributed by atoms with E-state index in [1.54, 1.807) is 4.90 Å². The molecule has 0 radical (unpaired) electrons. The molecular formula is C15H21N3O3. The zero-order chi connectivity index (χ0) is 15.5. The molecule has 1 saturated heterocycles. The van der Waals surface area contributed by atoms with E-state index < -0.39 is 5.60 Å². The van der Waals surface area contributed by atoms with Crippen LogP contribution in [0.3, 0.4) is 0 Å². The number of Topliss-reactive ketones (excluding diaryl/α,β-unsaturated/α-hetero) is 1. The van der Waals surface area contributed by atoms with Crippen LogP contribution in [-0.2, 0) is 4.74 Å². The van der Waals surface area contributed by atoms with Gasteiger partial charge in [0, 0.05) is 31.4 Å². The van der Waals surface area contributed by atoms with Gasteiger partial charge in [-0.2, -0.15) is 0 Å². The molecule has 0 N–H and O–H groups in total. The Balaban J connectivity index is 1.99. The molecule has 1 amide bonds. The van der Waals surface area contributed by atoms with E-state index in [1.165, 1.54) is 18.6 Å². The molecule has 6 heteroatoms. The van der Waals surface area contributed by atoms with Gasteiger partial charge in [-0.3, -0.25) is 9.78 Å². The first-order chi connectivity index (χ1) is 9.87. The number of ketones is 1. The highest BCUT2D eigenvalue weighted by atomic mass is 16.6. The summed E-state index contributed by atoms with van der Waals surface area (Å²) in [6.45, 7) is 6.13. The molecule has 6 nitrogen and oxygen atoms in total. The van der Waals surface area contributed by atoms with Crippen LogP contribution >= 0.6 is 0 Å². The number of carbonyl (C=O) groups excluding carboxylic acids is 2. The topological polar surface area (TPSA) is 72.4 Å². The third-order valence-corrected chi connectivity index (χ3v) is 3.28. The maximum Gasteiger partial charge on any atom is 0.410 e. The fraction of sp³-hybridized carbons (Fsp3) is 0.600. The summed E-state index contributed by atoms with van der Waals surface area (Å²) in [5, 5.41) is 0. The van der Waals surface area contributed by atoms with Gasteiger partial charge in [-0.05, 0) is 33.6 Å². The summed E-state index contributed by atoms with van der Waals surface area (Å²) in [5.74, 6) is -0.0939. The van der Waals surface area contributed by atoms with Gasteiger partial charge in [-0.15, -0.1) is 0 Å². The molecule has 0 aliphatic carbocycles. The number of carbonyl (C=O) groups is 2. The van der Waals surface area contributed by atoms with Gasteiger partial charge in [0.25, 0.3) is 0 Å². The Hall–Kier alpha value is -1.98. The van der Waals surface area contributed by atoms with Gasteiger partial charge in [-0.1, -0.05) is 0 Å². The number of ether oxygens (including phenoxy) is 1. The van der Waals surface area contributed by atoms with E-state index in [1.807, 2.05) is 20.8 Å². The minimum atomic E-state index is -0.529. The molecule has 1 atom stereocenters. The number of hydrogen-bond donors (Lipinski definition) is 0. The Labute approximate surface area is 124 Å². The number of rotatable bonds is 3. The SMILES string of the molecule is CC(C)(C)OC(=O)N1CCCC1CC(=O)c1cnccn1. The highest BCUT2D eigenvalue weighted by Gasteiger charge is 2.33. The summed E-state index contributed by atoms with van der Waals surface area (Å²) < 4.78 is 5.39. The molecule has 1 fully saturated rings. The van der Waals surface area contributed by atoms with Crippen molar-refractivity contribution < 1.29 is 14.3 Å². The molecule has 1 aliphatic rings. The lowest BCUT2D eigenvalue weighted by molar-refractivity contribution is 0.0223. The van der Waals surface area contributed by atoms with Crippen molar-refractivity contribution in [2.24, 2.45) is 0 Å². The van der Waals surface area contributed by atoms with E-state index in [9.17, 15) is 9.59 Å². The van der Waals surface area contributed by atoms with Gasteiger partial charge < -0.3 is 9.64 Å². The quantitative estimate of drug-likeness (QED) is 0.800. The molecule has 0 bridgehead atoms. The zero-order valence-corrected chi connectivity index (χ0v) is 12.7. The Morgan fingerprint density at radius 3 is 2.76 bits per heavy atom. The third-order valence-electron chi connectivity index (χ3n) is 3.28. The van der Waals surface area contributed by atoms with Gasteiger partial charge in [0.15, 0.2) is 5.78 Å². The third kappa shape index (κ3) is 4.24. The van der Waals surface area contributed by atoms with Crippen LogP contribution in [0.2, 0.25) is 0 Å². The van der Waals surface area contributed by atoms with Crippen LogP contribution in [0.5, 0.6) is 0 Å². The van der Waals surface area contributed by atoms with Crippen molar-refractivity contribution in [2.75, 3.05) is 6.54 Å². The summed E-state index contributed by atoms with van der Waals surface area (Å²) in [4.78, 5) is 33.9. The number of amides is 1. The van der Waals surface area contributed by atoms with Gasteiger partial charge in [-0.25, -0.2) is 9.78 Å². The molecular weight excluding hydrogens is 270 g/mol. The van der Waals surface area contributed by atoms with Crippen LogP contribution in [-0.4, -0.2) is 44.9 Å². The average molecular weight is 291 g/mol. The van der Waals surface area contributed by atoms with Crippen molar-refractivity contribution in [3.05, 3.63) is 24.3 Å². The van der Waals surface area contributed by atoms with Crippen LogP contribution in [0.4, 0.5) is 4.79 Å². The highest BCUT2D eigenvalue weighted by Crippen LogP contribution is 2.24. The lowest BCUT2D eigenvalue weighted by Crippen LogP contribution is -2.40. The maximum atomic E-state index is 12.2. The summed E-state index contributed by atoms with van der Waals surface area (Å²) >= 11 is 0. The molecule has 0 aromatic carbocycles. The fourth-order valence-electron chi connectivity index (χ4n) is 2.37. The van der Waals surface area contributed by atoms with E-state index >= 15 is 0 Å². The van der Waals surface area contributed by atoms with E-state index in [-0.39, 0.29) is 24.3 Å². The standard InChI is InChI=1S/C15H21N3O3/c1-15(2,3)21-14(20)18-8-4-5-11(18)9-13(19)12-10-16-6-7-17-12/h6-7,10-11H,4-5,8-9H2,1-3H3. The normalized spacial score (nSPS) is 18.6. The van der Waals surface area contributed by atoms with Crippen molar-refractivity contribution in [1.29, 1.82) is 0 Å². The molecule has 2 rings (SSSR count). The van der Waals surface area contributed by atoms with Crippen molar-refractivity contribution >= 4 is 11.9 Å². The summed E-state index contributed by atoms with van der Waals surface area (Å²) in [7, 11) is 0. The Morgan fingerprint density at radius 1 is 1.38 bits per heavy atom. The Morgan fingerprint density at radius 2 is 2.14 bits per heavy atom. The van der Waals surface area contributed by atoms with Gasteiger partial charge in [0.1, 0.15) is 11.3 Å². The van der Waals surface area contributed by atoms with E-state index in [0.717, 1.165) is 12.8 Å². The minimum absolute atomic E-state index is 0.0939. The first kappa shape index (κ1) is 15.4.